The fourth-order valence-electron chi connectivity index (χ4n) is 2.11. The van der Waals surface area contributed by atoms with Gasteiger partial charge in [0, 0.05) is 32.4 Å². The molecule has 1 aromatic carbocycles. The summed E-state index contributed by atoms with van der Waals surface area (Å²) in [6.45, 7) is 2.52. The van der Waals surface area contributed by atoms with Gasteiger partial charge in [-0.15, -0.1) is 0 Å². The van der Waals surface area contributed by atoms with E-state index >= 15 is 0 Å². The van der Waals surface area contributed by atoms with Crippen LogP contribution in [0.1, 0.15) is 21.5 Å². The van der Waals surface area contributed by atoms with Crippen molar-refractivity contribution < 1.29 is 9.53 Å². The Labute approximate surface area is 118 Å². The molecule has 20 heavy (non-hydrogen) atoms. The molecule has 1 heterocycles. The molecule has 0 spiro atoms. The normalized spacial score (nSPS) is 10.4. The number of amides is 1. The third-order valence-electron chi connectivity index (χ3n) is 3.14. The van der Waals surface area contributed by atoms with Crippen LogP contribution in [0.2, 0.25) is 0 Å². The van der Waals surface area contributed by atoms with Gasteiger partial charge in [0.05, 0.1) is 18.9 Å². The summed E-state index contributed by atoms with van der Waals surface area (Å²) in [7, 11) is 5.20. The lowest BCUT2D eigenvalue weighted by Gasteiger charge is -2.18. The Kier molecular flexibility index (Phi) is 4.08. The number of ether oxygens (including phenoxy) is 1. The van der Waals surface area contributed by atoms with Gasteiger partial charge in [0.15, 0.2) is 0 Å². The summed E-state index contributed by atoms with van der Waals surface area (Å²) in [6.07, 6.45) is 3.29. The van der Waals surface area contributed by atoms with E-state index < -0.39 is 0 Å². The molecule has 0 unspecified atom stereocenters. The molecule has 0 N–H and O–H groups in total. The van der Waals surface area contributed by atoms with Crippen LogP contribution in [-0.4, -0.2) is 34.7 Å². The van der Waals surface area contributed by atoms with Crippen molar-refractivity contribution in [3.05, 3.63) is 47.3 Å². The standard InChI is InChI=1S/C15H19N3O2/c1-11-5-6-14(20-4)12(7-11)9-17(2)15(19)13-8-16-18(3)10-13/h5-8,10H,9H2,1-4H3. The fourth-order valence-corrected chi connectivity index (χ4v) is 2.11. The lowest BCUT2D eigenvalue weighted by Crippen LogP contribution is -2.26. The Bertz CT molecular complexity index is 619. The molecule has 0 aliphatic rings. The number of hydrogen-bond acceptors (Lipinski definition) is 3. The maximum atomic E-state index is 12.3. The number of hydrogen-bond donors (Lipinski definition) is 0. The smallest absolute Gasteiger partial charge is 0.257 e. The summed E-state index contributed by atoms with van der Waals surface area (Å²) in [4.78, 5) is 13.9. The summed E-state index contributed by atoms with van der Waals surface area (Å²) < 4.78 is 6.96. The van der Waals surface area contributed by atoms with Gasteiger partial charge in [-0.25, -0.2) is 0 Å². The van der Waals surface area contributed by atoms with Crippen molar-refractivity contribution in [1.82, 2.24) is 14.7 Å². The zero-order chi connectivity index (χ0) is 14.7. The average Bonchev–Trinajstić information content (AvgIpc) is 2.84. The molecule has 1 amide bonds. The predicted molar refractivity (Wildman–Crippen MR) is 76.7 cm³/mol. The molecular weight excluding hydrogens is 254 g/mol. The number of aromatic nitrogens is 2. The Morgan fingerprint density at radius 2 is 2.20 bits per heavy atom. The van der Waals surface area contributed by atoms with Crippen LogP contribution in [0, 0.1) is 6.92 Å². The van der Waals surface area contributed by atoms with Crippen LogP contribution < -0.4 is 4.74 Å². The first-order valence-electron chi connectivity index (χ1n) is 6.39. The molecule has 2 aromatic rings. The number of rotatable bonds is 4. The van der Waals surface area contributed by atoms with E-state index in [0.717, 1.165) is 16.9 Å². The Hall–Kier alpha value is -2.30. The maximum Gasteiger partial charge on any atom is 0.257 e. The summed E-state index contributed by atoms with van der Waals surface area (Å²) >= 11 is 0. The maximum absolute atomic E-state index is 12.3. The molecule has 1 aromatic heterocycles. The highest BCUT2D eigenvalue weighted by molar-refractivity contribution is 5.93. The number of carbonyl (C=O) groups excluding carboxylic acids is 1. The molecule has 0 radical (unpaired) electrons. The first kappa shape index (κ1) is 14.1. The molecule has 0 fully saturated rings. The van der Waals surface area contributed by atoms with Crippen LogP contribution >= 0.6 is 0 Å². The molecule has 106 valence electrons. The van der Waals surface area contributed by atoms with E-state index in [-0.39, 0.29) is 5.91 Å². The van der Waals surface area contributed by atoms with Crippen molar-refractivity contribution in [2.75, 3.05) is 14.2 Å². The Morgan fingerprint density at radius 1 is 1.45 bits per heavy atom. The molecule has 5 nitrogen and oxygen atoms in total. The van der Waals surface area contributed by atoms with E-state index in [0.29, 0.717) is 12.1 Å². The number of aryl methyl sites for hydroxylation is 2. The summed E-state index contributed by atoms with van der Waals surface area (Å²) in [6, 6.07) is 5.95. The number of methoxy groups -OCH3 is 1. The van der Waals surface area contributed by atoms with Crippen molar-refractivity contribution in [3.63, 3.8) is 0 Å². The lowest BCUT2D eigenvalue weighted by molar-refractivity contribution is 0.0784. The number of nitrogens with zero attached hydrogens (tertiary/aromatic N) is 3. The van der Waals surface area contributed by atoms with Gasteiger partial charge in [-0.3, -0.25) is 9.48 Å². The average molecular weight is 273 g/mol. The molecule has 0 atom stereocenters. The van der Waals surface area contributed by atoms with Crippen molar-refractivity contribution >= 4 is 5.91 Å². The Balaban J connectivity index is 2.17. The molecule has 0 saturated carbocycles. The predicted octanol–water partition coefficient (Wildman–Crippen LogP) is 2.01. The highest BCUT2D eigenvalue weighted by atomic mass is 16.5. The molecule has 5 heteroatoms. The van der Waals surface area contributed by atoms with E-state index in [9.17, 15) is 4.79 Å². The van der Waals surface area contributed by atoms with E-state index in [1.807, 2.05) is 25.1 Å². The molecule has 2 rings (SSSR count). The van der Waals surface area contributed by atoms with Gasteiger partial charge < -0.3 is 9.64 Å². The molecule has 0 aliphatic carbocycles. The third-order valence-corrected chi connectivity index (χ3v) is 3.14. The van der Waals surface area contributed by atoms with Crippen molar-refractivity contribution in [3.8, 4) is 5.75 Å². The lowest BCUT2D eigenvalue weighted by atomic mass is 10.1. The zero-order valence-corrected chi connectivity index (χ0v) is 12.3. The van der Waals surface area contributed by atoms with Crippen LogP contribution in [0.3, 0.4) is 0 Å². The fraction of sp³-hybridized carbons (Fsp3) is 0.333. The molecule has 0 bridgehead atoms. The van der Waals surface area contributed by atoms with Crippen LogP contribution in [0.4, 0.5) is 0 Å². The second-order valence-corrected chi connectivity index (χ2v) is 4.88. The highest BCUT2D eigenvalue weighted by Gasteiger charge is 2.15. The minimum Gasteiger partial charge on any atom is -0.496 e. The van der Waals surface area contributed by atoms with E-state index in [4.69, 9.17) is 4.74 Å². The zero-order valence-electron chi connectivity index (χ0n) is 12.3. The van der Waals surface area contributed by atoms with E-state index in [2.05, 4.69) is 5.10 Å². The molecule has 0 aliphatic heterocycles. The largest absolute Gasteiger partial charge is 0.496 e. The third kappa shape index (κ3) is 2.99. The minimum absolute atomic E-state index is 0.0540. The van der Waals surface area contributed by atoms with E-state index in [1.54, 1.807) is 43.2 Å². The van der Waals surface area contributed by atoms with E-state index in [1.165, 1.54) is 0 Å². The summed E-state index contributed by atoms with van der Waals surface area (Å²) in [5.74, 6) is 0.739. The van der Waals surface area contributed by atoms with Crippen molar-refractivity contribution in [1.29, 1.82) is 0 Å². The van der Waals surface area contributed by atoms with Crippen molar-refractivity contribution in [2.45, 2.75) is 13.5 Å². The van der Waals surface area contributed by atoms with Gasteiger partial charge >= 0.3 is 0 Å². The SMILES string of the molecule is COc1ccc(C)cc1CN(C)C(=O)c1cnn(C)c1. The summed E-state index contributed by atoms with van der Waals surface area (Å²) in [5.41, 5.74) is 2.72. The molecule has 0 saturated heterocycles. The first-order chi connectivity index (χ1) is 9.51. The highest BCUT2D eigenvalue weighted by Crippen LogP contribution is 2.21. The van der Waals surface area contributed by atoms with Gasteiger partial charge in [-0.05, 0) is 13.0 Å². The van der Waals surface area contributed by atoms with Crippen molar-refractivity contribution in [2.24, 2.45) is 7.05 Å². The summed E-state index contributed by atoms with van der Waals surface area (Å²) in [5, 5.41) is 4.02. The number of carbonyl (C=O) groups is 1. The second-order valence-electron chi connectivity index (χ2n) is 4.88. The van der Waals surface area contributed by atoms with Gasteiger partial charge in [0.1, 0.15) is 5.75 Å². The molecular formula is C15H19N3O2. The van der Waals surface area contributed by atoms with Gasteiger partial charge in [-0.2, -0.15) is 5.10 Å². The topological polar surface area (TPSA) is 47.4 Å². The monoisotopic (exact) mass is 273 g/mol. The van der Waals surface area contributed by atoms with Crippen LogP contribution in [0.5, 0.6) is 5.75 Å². The van der Waals surface area contributed by atoms with Crippen LogP contribution in [0.25, 0.3) is 0 Å². The van der Waals surface area contributed by atoms with Gasteiger partial charge in [0.25, 0.3) is 5.91 Å². The van der Waals surface area contributed by atoms with Crippen LogP contribution in [0.15, 0.2) is 30.6 Å². The van der Waals surface area contributed by atoms with Gasteiger partial charge in [0.2, 0.25) is 0 Å². The first-order valence-corrected chi connectivity index (χ1v) is 6.39. The quantitative estimate of drug-likeness (QED) is 0.856. The number of benzene rings is 1. The Morgan fingerprint density at radius 3 is 2.80 bits per heavy atom. The van der Waals surface area contributed by atoms with Crippen LogP contribution in [-0.2, 0) is 13.6 Å². The second kappa shape index (κ2) is 5.77. The minimum atomic E-state index is -0.0540. The van der Waals surface area contributed by atoms with Gasteiger partial charge in [-0.1, -0.05) is 17.7 Å².